The van der Waals surface area contributed by atoms with Crippen LogP contribution in [0.1, 0.15) is 6.42 Å². The molecule has 0 unspecified atom stereocenters. The summed E-state index contributed by atoms with van der Waals surface area (Å²) in [4.78, 5) is 12.1. The zero-order chi connectivity index (χ0) is 7.72. The second-order valence-corrected chi connectivity index (χ2v) is 2.68. The van der Waals surface area contributed by atoms with Gasteiger partial charge in [-0.2, -0.15) is 0 Å². The van der Waals surface area contributed by atoms with Gasteiger partial charge in [0.2, 0.25) is 0 Å². The largest absolute Gasteiger partial charge is 0.480 e. The maximum Gasteiger partial charge on any atom is 0.321 e. The monoisotopic (exact) mass is 145 g/mol. The summed E-state index contributed by atoms with van der Waals surface area (Å²) in [5, 5.41) is 17.6. The van der Waals surface area contributed by atoms with Crippen molar-refractivity contribution in [3.63, 3.8) is 0 Å². The second-order valence-electron chi connectivity index (χ2n) is 2.68. The van der Waals surface area contributed by atoms with Gasteiger partial charge in [0.1, 0.15) is 6.04 Å². The summed E-state index contributed by atoms with van der Waals surface area (Å²) in [5.74, 6) is -0.848. The third-order valence-corrected chi connectivity index (χ3v) is 1.81. The van der Waals surface area contributed by atoms with Gasteiger partial charge in [0.15, 0.2) is 0 Å². The zero-order valence-electron chi connectivity index (χ0n) is 5.82. The lowest BCUT2D eigenvalue weighted by molar-refractivity contribution is -0.141. The van der Waals surface area contributed by atoms with Crippen molar-refractivity contribution < 1.29 is 15.0 Å². The number of aliphatic hydroxyl groups excluding tert-OH is 1. The van der Waals surface area contributed by atoms with Gasteiger partial charge in [-0.15, -0.1) is 0 Å². The Morgan fingerprint density at radius 2 is 2.30 bits per heavy atom. The fourth-order valence-electron chi connectivity index (χ4n) is 1.26. The van der Waals surface area contributed by atoms with E-state index < -0.39 is 18.1 Å². The third-order valence-electron chi connectivity index (χ3n) is 1.81. The summed E-state index contributed by atoms with van der Waals surface area (Å²) < 4.78 is 0. The summed E-state index contributed by atoms with van der Waals surface area (Å²) in [6.45, 7) is 0.469. The highest BCUT2D eigenvalue weighted by atomic mass is 16.4. The van der Waals surface area contributed by atoms with Gasteiger partial charge >= 0.3 is 5.97 Å². The van der Waals surface area contributed by atoms with Crippen LogP contribution in [0.4, 0.5) is 0 Å². The topological polar surface area (TPSA) is 60.8 Å². The number of rotatable bonds is 1. The fourth-order valence-corrected chi connectivity index (χ4v) is 1.26. The van der Waals surface area contributed by atoms with Gasteiger partial charge in [0.05, 0.1) is 6.10 Å². The molecule has 0 aromatic rings. The van der Waals surface area contributed by atoms with Crippen LogP contribution in [-0.2, 0) is 4.79 Å². The molecule has 1 aliphatic heterocycles. The Labute approximate surface area is 59.1 Å². The molecule has 4 heteroatoms. The molecule has 2 N–H and O–H groups in total. The van der Waals surface area contributed by atoms with Crippen LogP contribution in [0, 0.1) is 0 Å². The summed E-state index contributed by atoms with van der Waals surface area (Å²) in [6, 6.07) is -0.491. The van der Waals surface area contributed by atoms with Gasteiger partial charge in [0, 0.05) is 13.0 Å². The van der Waals surface area contributed by atoms with Crippen LogP contribution in [0.15, 0.2) is 0 Å². The van der Waals surface area contributed by atoms with E-state index in [0.29, 0.717) is 13.0 Å². The van der Waals surface area contributed by atoms with E-state index in [0.717, 1.165) is 0 Å². The number of hydrogen-bond acceptors (Lipinski definition) is 3. The summed E-state index contributed by atoms with van der Waals surface area (Å²) in [6.07, 6.45) is -0.114. The molecule has 4 nitrogen and oxygen atoms in total. The van der Waals surface area contributed by atoms with Crippen LogP contribution < -0.4 is 0 Å². The van der Waals surface area contributed by atoms with E-state index in [1.54, 1.807) is 11.9 Å². The highest BCUT2D eigenvalue weighted by molar-refractivity contribution is 5.73. The van der Waals surface area contributed by atoms with Crippen molar-refractivity contribution in [2.75, 3.05) is 13.6 Å². The number of nitrogens with zero attached hydrogens (tertiary/aromatic N) is 1. The molecular formula is C6H11NO3. The van der Waals surface area contributed by atoms with Crippen molar-refractivity contribution in [3.05, 3.63) is 0 Å². The Balaban J connectivity index is 2.54. The average Bonchev–Trinajstić information content (AvgIpc) is 2.10. The maximum absolute atomic E-state index is 10.4. The molecule has 58 valence electrons. The SMILES string of the molecule is CN1C[C@@H](O)C[C@H]1C(=O)O. The van der Waals surface area contributed by atoms with Gasteiger partial charge in [-0.05, 0) is 7.05 Å². The number of carboxylic acid groups (broad SMARTS) is 1. The Hall–Kier alpha value is -0.610. The number of likely N-dealkylation sites (N-methyl/N-ethyl adjacent to an activating group) is 1. The van der Waals surface area contributed by atoms with E-state index in [1.165, 1.54) is 0 Å². The summed E-state index contributed by atoms with van der Waals surface area (Å²) in [7, 11) is 1.70. The van der Waals surface area contributed by atoms with E-state index in [4.69, 9.17) is 10.2 Å². The first-order valence-corrected chi connectivity index (χ1v) is 3.22. The Kier molecular flexibility index (Phi) is 1.92. The van der Waals surface area contributed by atoms with E-state index in [9.17, 15) is 4.79 Å². The van der Waals surface area contributed by atoms with Crippen molar-refractivity contribution in [1.82, 2.24) is 4.90 Å². The first-order valence-electron chi connectivity index (χ1n) is 3.22. The van der Waals surface area contributed by atoms with Crippen LogP contribution in [0.5, 0.6) is 0 Å². The Morgan fingerprint density at radius 3 is 2.50 bits per heavy atom. The van der Waals surface area contributed by atoms with Crippen molar-refractivity contribution in [2.45, 2.75) is 18.6 Å². The van der Waals surface area contributed by atoms with Crippen LogP contribution >= 0.6 is 0 Å². The smallest absolute Gasteiger partial charge is 0.321 e. The number of aliphatic carboxylic acids is 1. The molecule has 0 aromatic carbocycles. The van der Waals surface area contributed by atoms with Gasteiger partial charge in [-0.1, -0.05) is 0 Å². The lowest BCUT2D eigenvalue weighted by atomic mass is 10.2. The van der Waals surface area contributed by atoms with Crippen molar-refractivity contribution in [2.24, 2.45) is 0 Å². The second kappa shape index (κ2) is 2.56. The maximum atomic E-state index is 10.4. The Bertz CT molecular complexity index is 148. The number of likely N-dealkylation sites (tertiary alicyclic amines) is 1. The first kappa shape index (κ1) is 7.50. The fraction of sp³-hybridized carbons (Fsp3) is 0.833. The highest BCUT2D eigenvalue weighted by Crippen LogP contribution is 2.14. The van der Waals surface area contributed by atoms with Crippen LogP contribution in [-0.4, -0.2) is 46.8 Å². The highest BCUT2D eigenvalue weighted by Gasteiger charge is 2.32. The van der Waals surface area contributed by atoms with Gasteiger partial charge in [0.25, 0.3) is 0 Å². The predicted octanol–water partition coefficient (Wildman–Crippen LogP) is -0.864. The number of hydrogen-bond donors (Lipinski definition) is 2. The minimum absolute atomic E-state index is 0.353. The quantitative estimate of drug-likeness (QED) is 0.504. The Morgan fingerprint density at radius 1 is 1.70 bits per heavy atom. The molecule has 0 aromatic heterocycles. The van der Waals surface area contributed by atoms with Crippen LogP contribution in [0.3, 0.4) is 0 Å². The van der Waals surface area contributed by atoms with Crippen molar-refractivity contribution in [3.8, 4) is 0 Å². The number of carboxylic acids is 1. The zero-order valence-corrected chi connectivity index (χ0v) is 5.82. The number of β-amino-alcohol motifs (C(OH)–C–C–N with tert-alkyl or cyclic N) is 1. The summed E-state index contributed by atoms with van der Waals surface area (Å²) >= 11 is 0. The number of aliphatic hydroxyl groups is 1. The van der Waals surface area contributed by atoms with E-state index in [1.807, 2.05) is 0 Å². The molecule has 0 radical (unpaired) electrons. The third kappa shape index (κ3) is 1.27. The minimum Gasteiger partial charge on any atom is -0.480 e. The molecule has 0 amide bonds. The van der Waals surface area contributed by atoms with Gasteiger partial charge in [-0.25, -0.2) is 0 Å². The molecule has 1 fully saturated rings. The normalized spacial score (nSPS) is 34.6. The lowest BCUT2D eigenvalue weighted by Crippen LogP contribution is -2.32. The van der Waals surface area contributed by atoms with E-state index in [-0.39, 0.29) is 0 Å². The number of carbonyl (C=O) groups is 1. The van der Waals surface area contributed by atoms with Crippen LogP contribution in [0.2, 0.25) is 0 Å². The van der Waals surface area contributed by atoms with Crippen LogP contribution in [0.25, 0.3) is 0 Å². The predicted molar refractivity (Wildman–Crippen MR) is 34.7 cm³/mol. The average molecular weight is 145 g/mol. The molecule has 0 aliphatic carbocycles. The molecule has 10 heavy (non-hydrogen) atoms. The summed E-state index contributed by atoms with van der Waals surface area (Å²) in [5.41, 5.74) is 0. The van der Waals surface area contributed by atoms with Crippen molar-refractivity contribution >= 4 is 5.97 Å². The molecule has 1 heterocycles. The van der Waals surface area contributed by atoms with Gasteiger partial charge < -0.3 is 10.2 Å². The molecule has 0 spiro atoms. The van der Waals surface area contributed by atoms with E-state index >= 15 is 0 Å². The molecule has 0 bridgehead atoms. The minimum atomic E-state index is -0.848. The molecular weight excluding hydrogens is 134 g/mol. The molecule has 1 rings (SSSR count). The first-order chi connectivity index (χ1) is 4.61. The lowest BCUT2D eigenvalue weighted by Gasteiger charge is -2.12. The van der Waals surface area contributed by atoms with Gasteiger partial charge in [-0.3, -0.25) is 9.69 Å². The standard InChI is InChI=1S/C6H11NO3/c1-7-3-4(8)2-5(7)6(9)10/h4-5,8H,2-3H2,1H3,(H,9,10)/t4-,5-/m0/s1. The molecule has 1 saturated heterocycles. The van der Waals surface area contributed by atoms with Crippen molar-refractivity contribution in [1.29, 1.82) is 0 Å². The molecule has 2 atom stereocenters. The molecule has 0 saturated carbocycles. The van der Waals surface area contributed by atoms with E-state index in [2.05, 4.69) is 0 Å². The molecule has 1 aliphatic rings.